The van der Waals surface area contributed by atoms with Crippen LogP contribution in [0.25, 0.3) is 32.7 Å². The number of aromatic nitrogens is 3. The summed E-state index contributed by atoms with van der Waals surface area (Å²) in [5.74, 6) is 1.67. The summed E-state index contributed by atoms with van der Waals surface area (Å²) in [5, 5.41) is 0.609. The SMILES string of the molecule is Nc1nc2ccc(-c3[nH]c(C4CCCCC4)nc3-c3ccccc3)cc2s1. The van der Waals surface area contributed by atoms with E-state index in [-0.39, 0.29) is 0 Å². The predicted molar refractivity (Wildman–Crippen MR) is 113 cm³/mol. The van der Waals surface area contributed by atoms with Crippen LogP contribution in [-0.4, -0.2) is 15.0 Å². The minimum absolute atomic E-state index is 0.540. The summed E-state index contributed by atoms with van der Waals surface area (Å²) < 4.78 is 1.11. The lowest BCUT2D eigenvalue weighted by Gasteiger charge is -2.19. The van der Waals surface area contributed by atoms with Crippen molar-refractivity contribution in [3.05, 3.63) is 54.4 Å². The molecule has 0 unspecified atom stereocenters. The van der Waals surface area contributed by atoms with E-state index < -0.39 is 0 Å². The van der Waals surface area contributed by atoms with Crippen molar-refractivity contribution in [2.24, 2.45) is 0 Å². The van der Waals surface area contributed by atoms with Crippen molar-refractivity contribution in [2.75, 3.05) is 5.73 Å². The fourth-order valence-corrected chi connectivity index (χ4v) is 4.85. The van der Waals surface area contributed by atoms with Crippen molar-refractivity contribution in [3.63, 3.8) is 0 Å². The third-order valence-corrected chi connectivity index (χ3v) is 6.30. The van der Waals surface area contributed by atoms with Crippen LogP contribution < -0.4 is 5.73 Å². The third kappa shape index (κ3) is 3.12. The van der Waals surface area contributed by atoms with Gasteiger partial charge in [0.15, 0.2) is 5.13 Å². The summed E-state index contributed by atoms with van der Waals surface area (Å²) in [4.78, 5) is 13.1. The quantitative estimate of drug-likeness (QED) is 0.463. The molecule has 1 saturated carbocycles. The lowest BCUT2D eigenvalue weighted by Crippen LogP contribution is -2.06. The Hall–Kier alpha value is -2.66. The van der Waals surface area contributed by atoms with E-state index >= 15 is 0 Å². The monoisotopic (exact) mass is 374 g/mol. The molecule has 4 nitrogen and oxygen atoms in total. The third-order valence-electron chi connectivity index (χ3n) is 5.45. The second kappa shape index (κ2) is 6.82. The molecule has 0 amide bonds. The summed E-state index contributed by atoms with van der Waals surface area (Å²) in [6, 6.07) is 16.8. The fraction of sp³-hybridized carbons (Fsp3) is 0.273. The van der Waals surface area contributed by atoms with Crippen LogP contribution in [0.2, 0.25) is 0 Å². The molecule has 3 N–H and O–H groups in total. The zero-order chi connectivity index (χ0) is 18.2. The van der Waals surface area contributed by atoms with Crippen molar-refractivity contribution in [3.8, 4) is 22.5 Å². The highest BCUT2D eigenvalue weighted by Gasteiger charge is 2.22. The summed E-state index contributed by atoms with van der Waals surface area (Å²) in [6.45, 7) is 0. The number of aromatic amines is 1. The Balaban J connectivity index is 1.65. The van der Waals surface area contributed by atoms with Gasteiger partial charge in [0, 0.05) is 17.0 Å². The molecule has 1 fully saturated rings. The van der Waals surface area contributed by atoms with Gasteiger partial charge in [0.2, 0.25) is 0 Å². The highest BCUT2D eigenvalue weighted by Crippen LogP contribution is 2.38. The first kappa shape index (κ1) is 16.5. The van der Waals surface area contributed by atoms with Gasteiger partial charge in [-0.2, -0.15) is 0 Å². The fourth-order valence-electron chi connectivity index (χ4n) is 4.07. The molecule has 4 aromatic rings. The first-order valence-corrected chi connectivity index (χ1v) is 10.4. The number of nitrogen functional groups attached to an aromatic ring is 1. The minimum Gasteiger partial charge on any atom is -0.375 e. The van der Waals surface area contributed by atoms with Crippen LogP contribution >= 0.6 is 11.3 Å². The number of nitrogens with one attached hydrogen (secondary N) is 1. The van der Waals surface area contributed by atoms with Crippen LogP contribution in [0, 0.1) is 0 Å². The van der Waals surface area contributed by atoms with Crippen LogP contribution in [0.3, 0.4) is 0 Å². The molecule has 0 spiro atoms. The second-order valence-electron chi connectivity index (χ2n) is 7.28. The van der Waals surface area contributed by atoms with E-state index in [0.29, 0.717) is 11.0 Å². The molecule has 1 aliphatic carbocycles. The minimum atomic E-state index is 0.540. The largest absolute Gasteiger partial charge is 0.375 e. The van der Waals surface area contributed by atoms with Gasteiger partial charge in [0.05, 0.1) is 21.6 Å². The zero-order valence-electron chi connectivity index (χ0n) is 15.1. The average molecular weight is 375 g/mol. The number of hydrogen-bond donors (Lipinski definition) is 2. The van der Waals surface area contributed by atoms with Gasteiger partial charge in [-0.1, -0.05) is 67.0 Å². The maximum Gasteiger partial charge on any atom is 0.181 e. The molecule has 2 heterocycles. The van der Waals surface area contributed by atoms with Gasteiger partial charge in [0.25, 0.3) is 0 Å². The molecule has 136 valence electrons. The van der Waals surface area contributed by atoms with E-state index in [4.69, 9.17) is 10.7 Å². The molecular weight excluding hydrogens is 352 g/mol. The van der Waals surface area contributed by atoms with Crippen molar-refractivity contribution in [2.45, 2.75) is 38.0 Å². The van der Waals surface area contributed by atoms with Gasteiger partial charge in [-0.3, -0.25) is 0 Å². The molecule has 0 saturated heterocycles. The number of nitrogens with zero attached hydrogens (tertiary/aromatic N) is 2. The average Bonchev–Trinajstić information content (AvgIpc) is 3.31. The van der Waals surface area contributed by atoms with Gasteiger partial charge in [-0.05, 0) is 25.0 Å². The van der Waals surface area contributed by atoms with Crippen LogP contribution in [0.15, 0.2) is 48.5 Å². The highest BCUT2D eigenvalue weighted by molar-refractivity contribution is 7.22. The van der Waals surface area contributed by atoms with E-state index in [2.05, 4.69) is 46.4 Å². The molecule has 0 bridgehead atoms. The van der Waals surface area contributed by atoms with Crippen molar-refractivity contribution in [1.82, 2.24) is 15.0 Å². The molecule has 27 heavy (non-hydrogen) atoms. The molecule has 0 radical (unpaired) electrons. The molecule has 2 aromatic carbocycles. The van der Waals surface area contributed by atoms with E-state index in [1.165, 1.54) is 43.4 Å². The molecule has 0 atom stereocenters. The van der Waals surface area contributed by atoms with Gasteiger partial charge >= 0.3 is 0 Å². The Labute approximate surface area is 162 Å². The number of anilines is 1. The Morgan fingerprint density at radius 2 is 1.74 bits per heavy atom. The van der Waals surface area contributed by atoms with E-state index in [1.807, 2.05) is 12.1 Å². The molecule has 2 aromatic heterocycles. The summed E-state index contributed by atoms with van der Waals surface area (Å²) >= 11 is 1.53. The number of H-pyrrole nitrogens is 1. The van der Waals surface area contributed by atoms with Gasteiger partial charge in [-0.25, -0.2) is 9.97 Å². The van der Waals surface area contributed by atoms with Gasteiger partial charge in [-0.15, -0.1) is 0 Å². The van der Waals surface area contributed by atoms with E-state index in [0.717, 1.165) is 38.6 Å². The number of rotatable bonds is 3. The van der Waals surface area contributed by atoms with Crippen molar-refractivity contribution < 1.29 is 0 Å². The normalized spacial score (nSPS) is 15.4. The van der Waals surface area contributed by atoms with Gasteiger partial charge in [0.1, 0.15) is 5.82 Å². The standard InChI is InChI=1S/C22H22N4S/c23-22-24-17-12-11-16(13-18(17)27-22)20-19(14-7-3-1-4-8-14)25-21(26-20)15-9-5-2-6-10-15/h1,3-4,7-8,11-13,15H,2,5-6,9-10H2,(H2,23,24)(H,25,26). The lowest BCUT2D eigenvalue weighted by atomic mass is 9.89. The topological polar surface area (TPSA) is 67.6 Å². The smallest absolute Gasteiger partial charge is 0.181 e. The number of imidazole rings is 1. The second-order valence-corrected chi connectivity index (χ2v) is 8.34. The molecular formula is C22H22N4S. The Kier molecular flexibility index (Phi) is 4.17. The maximum absolute atomic E-state index is 5.89. The summed E-state index contributed by atoms with van der Waals surface area (Å²) in [5.41, 5.74) is 11.3. The Morgan fingerprint density at radius 1 is 0.926 bits per heavy atom. The number of benzene rings is 2. The first-order valence-electron chi connectivity index (χ1n) is 9.60. The summed E-state index contributed by atoms with van der Waals surface area (Å²) in [6.07, 6.45) is 6.40. The molecule has 5 heteroatoms. The van der Waals surface area contributed by atoms with Crippen LogP contribution in [-0.2, 0) is 0 Å². The van der Waals surface area contributed by atoms with Crippen molar-refractivity contribution in [1.29, 1.82) is 0 Å². The van der Waals surface area contributed by atoms with E-state index in [1.54, 1.807) is 0 Å². The van der Waals surface area contributed by atoms with Gasteiger partial charge < -0.3 is 10.7 Å². The first-order chi connectivity index (χ1) is 13.3. The maximum atomic E-state index is 5.89. The van der Waals surface area contributed by atoms with E-state index in [9.17, 15) is 0 Å². The molecule has 1 aliphatic rings. The number of fused-ring (bicyclic) bond motifs is 1. The summed E-state index contributed by atoms with van der Waals surface area (Å²) in [7, 11) is 0. The van der Waals surface area contributed by atoms with Crippen LogP contribution in [0.4, 0.5) is 5.13 Å². The van der Waals surface area contributed by atoms with Crippen molar-refractivity contribution >= 4 is 26.7 Å². The Morgan fingerprint density at radius 3 is 2.56 bits per heavy atom. The number of hydrogen-bond acceptors (Lipinski definition) is 4. The van der Waals surface area contributed by atoms with Crippen LogP contribution in [0.1, 0.15) is 43.8 Å². The number of thiazole rings is 1. The zero-order valence-corrected chi connectivity index (χ0v) is 15.9. The lowest BCUT2D eigenvalue weighted by molar-refractivity contribution is 0.431. The number of nitrogens with two attached hydrogens (primary N) is 1. The predicted octanol–water partition coefficient (Wildman–Crippen LogP) is 5.98. The Bertz CT molecular complexity index is 1070. The molecule has 0 aliphatic heterocycles. The highest BCUT2D eigenvalue weighted by atomic mass is 32.1. The molecule has 5 rings (SSSR count). The van der Waals surface area contributed by atoms with Crippen LogP contribution in [0.5, 0.6) is 0 Å².